The van der Waals surface area contributed by atoms with E-state index in [0.717, 1.165) is 0 Å². The number of halogens is 2. The Balaban J connectivity index is 2.57. The molecular formula is C13H11Cl2NO3S2. The highest BCUT2D eigenvalue weighted by Crippen LogP contribution is 2.26. The van der Waals surface area contributed by atoms with Crippen molar-refractivity contribution < 1.29 is 12.6 Å². The van der Waals surface area contributed by atoms with Gasteiger partial charge in [0.25, 0.3) is 10.0 Å². The van der Waals surface area contributed by atoms with Crippen LogP contribution in [0.15, 0.2) is 62.1 Å². The largest absolute Gasteiger partial charge is 0.290 e. The van der Waals surface area contributed by atoms with E-state index in [1.807, 2.05) is 0 Å². The van der Waals surface area contributed by atoms with E-state index >= 15 is 0 Å². The number of benzene rings is 2. The van der Waals surface area contributed by atoms with Gasteiger partial charge in [0.1, 0.15) is 0 Å². The summed E-state index contributed by atoms with van der Waals surface area (Å²) in [4.78, 5) is 0.191. The molecule has 1 unspecified atom stereocenters. The number of sulfonamides is 1. The van der Waals surface area contributed by atoms with Gasteiger partial charge in [-0.05, 0) is 30.3 Å². The van der Waals surface area contributed by atoms with Crippen LogP contribution in [-0.2, 0) is 19.8 Å². The van der Waals surface area contributed by atoms with Crippen molar-refractivity contribution in [1.82, 2.24) is 0 Å². The first kappa shape index (κ1) is 16.3. The molecule has 0 amide bonds. The summed E-state index contributed by atoms with van der Waals surface area (Å²) >= 11 is 11.5. The third kappa shape index (κ3) is 3.77. The zero-order valence-corrected chi connectivity index (χ0v) is 14.0. The molecule has 2 aromatic carbocycles. The monoisotopic (exact) mass is 363 g/mol. The van der Waals surface area contributed by atoms with Crippen molar-refractivity contribution in [2.75, 3.05) is 6.26 Å². The molecule has 0 N–H and O–H groups in total. The van der Waals surface area contributed by atoms with E-state index < -0.39 is 19.8 Å². The molecule has 0 aliphatic rings. The van der Waals surface area contributed by atoms with E-state index in [-0.39, 0.29) is 14.9 Å². The predicted molar refractivity (Wildman–Crippen MR) is 84.9 cm³/mol. The lowest BCUT2D eigenvalue weighted by Crippen LogP contribution is -2.04. The minimum Gasteiger partial charge on any atom is -0.244 e. The van der Waals surface area contributed by atoms with Crippen molar-refractivity contribution >= 4 is 43.0 Å². The summed E-state index contributed by atoms with van der Waals surface area (Å²) in [6, 6.07) is 12.0. The Morgan fingerprint density at radius 3 is 2.05 bits per heavy atom. The van der Waals surface area contributed by atoms with Gasteiger partial charge in [-0.25, -0.2) is 4.21 Å². The maximum atomic E-state index is 12.5. The molecule has 112 valence electrons. The van der Waals surface area contributed by atoms with Gasteiger partial charge in [0, 0.05) is 11.2 Å². The second-order valence-electron chi connectivity index (χ2n) is 4.24. The minimum absolute atomic E-state index is 0.0928. The molecule has 4 nitrogen and oxygen atoms in total. The van der Waals surface area contributed by atoms with Gasteiger partial charge in [0.2, 0.25) is 0 Å². The van der Waals surface area contributed by atoms with Gasteiger partial charge in [0.05, 0.1) is 24.7 Å². The van der Waals surface area contributed by atoms with Crippen molar-refractivity contribution in [3.05, 3.63) is 58.6 Å². The fourth-order valence-corrected chi connectivity index (χ4v) is 5.30. The maximum Gasteiger partial charge on any atom is 0.290 e. The number of rotatable bonds is 3. The molecule has 0 bridgehead atoms. The SMILES string of the molecule is CS(=O)(=NS(=O)(=O)c1ccc(Cl)c(Cl)c1)c1ccccc1. The van der Waals surface area contributed by atoms with Crippen LogP contribution in [0, 0.1) is 0 Å². The summed E-state index contributed by atoms with van der Waals surface area (Å²) in [5.74, 6) is 0. The normalized spacial score (nSPS) is 14.4. The van der Waals surface area contributed by atoms with Crippen LogP contribution in [0.3, 0.4) is 0 Å². The molecule has 2 rings (SSSR count). The van der Waals surface area contributed by atoms with Crippen LogP contribution in [-0.4, -0.2) is 18.9 Å². The predicted octanol–water partition coefficient (Wildman–Crippen LogP) is 3.84. The summed E-state index contributed by atoms with van der Waals surface area (Å²) in [6.07, 6.45) is 1.28. The van der Waals surface area contributed by atoms with Crippen LogP contribution in [0.1, 0.15) is 0 Å². The second kappa shape index (κ2) is 5.96. The highest BCUT2D eigenvalue weighted by Gasteiger charge is 2.18. The molecule has 0 fully saturated rings. The van der Waals surface area contributed by atoms with Gasteiger partial charge in [-0.15, -0.1) is 3.77 Å². The standard InChI is InChI=1S/C13H11Cl2NO3S2/c1-20(17,10-5-3-2-4-6-10)16-21(18,19)11-7-8-12(14)13(15)9-11/h2-9H,1H3. The van der Waals surface area contributed by atoms with E-state index in [9.17, 15) is 12.6 Å². The topological polar surface area (TPSA) is 63.6 Å². The van der Waals surface area contributed by atoms with E-state index in [0.29, 0.717) is 4.90 Å². The molecule has 0 spiro atoms. The Hall–Kier alpha value is -1.08. The Kier molecular flexibility index (Phi) is 4.63. The summed E-state index contributed by atoms with van der Waals surface area (Å²) in [5.41, 5.74) is 0. The quantitative estimate of drug-likeness (QED) is 0.831. The van der Waals surface area contributed by atoms with Crippen molar-refractivity contribution in [1.29, 1.82) is 0 Å². The minimum atomic E-state index is -4.10. The molecule has 21 heavy (non-hydrogen) atoms. The van der Waals surface area contributed by atoms with Gasteiger partial charge in [-0.3, -0.25) is 0 Å². The van der Waals surface area contributed by atoms with Crippen molar-refractivity contribution in [3.8, 4) is 0 Å². The van der Waals surface area contributed by atoms with Crippen LogP contribution in [0.25, 0.3) is 0 Å². The molecule has 2 aromatic rings. The molecule has 0 aliphatic heterocycles. The molecule has 0 radical (unpaired) electrons. The first-order valence-electron chi connectivity index (χ1n) is 5.71. The molecule has 0 saturated heterocycles. The summed E-state index contributed by atoms with van der Waals surface area (Å²) in [6.45, 7) is 0. The molecular weight excluding hydrogens is 353 g/mol. The van der Waals surface area contributed by atoms with Crippen molar-refractivity contribution in [2.45, 2.75) is 9.79 Å². The first-order valence-corrected chi connectivity index (χ1v) is 9.83. The Morgan fingerprint density at radius 2 is 1.48 bits per heavy atom. The Bertz CT molecular complexity index is 887. The Morgan fingerprint density at radius 1 is 0.857 bits per heavy atom. The first-order chi connectivity index (χ1) is 9.72. The number of hydrogen-bond acceptors (Lipinski definition) is 3. The average Bonchev–Trinajstić information content (AvgIpc) is 2.41. The van der Waals surface area contributed by atoms with Crippen LogP contribution in [0.2, 0.25) is 10.0 Å². The lowest BCUT2D eigenvalue weighted by molar-refractivity contribution is 0.598. The fourth-order valence-electron chi connectivity index (χ4n) is 1.58. The molecule has 0 heterocycles. The van der Waals surface area contributed by atoms with Gasteiger partial charge in [0.15, 0.2) is 0 Å². The lowest BCUT2D eigenvalue weighted by Gasteiger charge is -2.05. The summed E-state index contributed by atoms with van der Waals surface area (Å²) in [5, 5.41) is 0.325. The summed E-state index contributed by atoms with van der Waals surface area (Å²) < 4.78 is 40.5. The highest BCUT2D eigenvalue weighted by molar-refractivity contribution is 8.03. The maximum absolute atomic E-state index is 12.5. The molecule has 0 saturated carbocycles. The molecule has 0 aromatic heterocycles. The van der Waals surface area contributed by atoms with Gasteiger partial charge < -0.3 is 0 Å². The fraction of sp³-hybridized carbons (Fsp3) is 0.0769. The zero-order valence-electron chi connectivity index (χ0n) is 10.9. The third-order valence-corrected chi connectivity index (χ3v) is 7.27. The van der Waals surface area contributed by atoms with E-state index in [2.05, 4.69) is 3.77 Å². The zero-order chi connectivity index (χ0) is 15.7. The smallest absolute Gasteiger partial charge is 0.244 e. The number of nitrogens with zero attached hydrogens (tertiary/aromatic N) is 1. The average molecular weight is 364 g/mol. The van der Waals surface area contributed by atoms with Crippen LogP contribution in [0.5, 0.6) is 0 Å². The lowest BCUT2D eigenvalue weighted by atomic mass is 10.4. The van der Waals surface area contributed by atoms with E-state index in [1.54, 1.807) is 30.3 Å². The van der Waals surface area contributed by atoms with Crippen LogP contribution < -0.4 is 0 Å². The molecule has 8 heteroatoms. The van der Waals surface area contributed by atoms with Gasteiger partial charge in [-0.1, -0.05) is 41.4 Å². The second-order valence-corrected chi connectivity index (χ2v) is 9.15. The summed E-state index contributed by atoms with van der Waals surface area (Å²) in [7, 11) is -7.18. The van der Waals surface area contributed by atoms with E-state index in [1.165, 1.54) is 24.5 Å². The molecule has 1 atom stereocenters. The molecule has 0 aliphatic carbocycles. The van der Waals surface area contributed by atoms with Crippen LogP contribution >= 0.6 is 23.2 Å². The Labute approximate surface area is 133 Å². The van der Waals surface area contributed by atoms with Gasteiger partial charge >= 0.3 is 0 Å². The third-order valence-electron chi connectivity index (χ3n) is 2.61. The van der Waals surface area contributed by atoms with Crippen LogP contribution in [0.4, 0.5) is 0 Å². The van der Waals surface area contributed by atoms with E-state index in [4.69, 9.17) is 23.2 Å². The van der Waals surface area contributed by atoms with Crippen molar-refractivity contribution in [2.24, 2.45) is 3.77 Å². The highest BCUT2D eigenvalue weighted by atomic mass is 35.5. The number of hydrogen-bond donors (Lipinski definition) is 0. The van der Waals surface area contributed by atoms with Gasteiger partial charge in [-0.2, -0.15) is 8.42 Å². The van der Waals surface area contributed by atoms with Crippen molar-refractivity contribution in [3.63, 3.8) is 0 Å².